The molecule has 51 heavy (non-hydrogen) atoms. The van der Waals surface area contributed by atoms with Gasteiger partial charge in [-0.05, 0) is 56.7 Å². The molecule has 268 valence electrons. The van der Waals surface area contributed by atoms with Crippen molar-refractivity contribution in [3.8, 4) is 0 Å². The molecule has 2 N–H and O–H groups in total. The van der Waals surface area contributed by atoms with Gasteiger partial charge in [-0.15, -0.1) is 11.8 Å². The molecule has 0 bridgehead atoms. The predicted octanol–water partition coefficient (Wildman–Crippen LogP) is 7.53. The summed E-state index contributed by atoms with van der Waals surface area (Å²) in [6.45, 7) is 13.7. The van der Waals surface area contributed by atoms with Crippen LogP contribution in [-0.4, -0.2) is 78.2 Å². The molecular formula is C42H48BrN2O5S+. The van der Waals surface area contributed by atoms with Crippen LogP contribution in [-0.2, 0) is 31.6 Å². The van der Waals surface area contributed by atoms with Crippen LogP contribution in [0.3, 0.4) is 0 Å². The molecule has 0 saturated heterocycles. The molecule has 0 spiro atoms. The standard InChI is InChI=1S/C42H48BrN2O5S/c1-28-11-13-36-33(23-28)41(2,3)38(45(36)27-29-9-7-6-8-10-29)26-32-39(48)31(40(32)51-22-21-50-20-17-47)25-37-42(4,5)34-24-30(43)12-14-35(34)44(37)15-18-49-19-16-46/h6-14,23-26,46-47H,15-22,27H2,1-5H3/q+1. The summed E-state index contributed by atoms with van der Waals surface area (Å²) >= 11 is 5.30. The van der Waals surface area contributed by atoms with Crippen molar-refractivity contribution in [3.05, 3.63) is 127 Å². The van der Waals surface area contributed by atoms with Crippen molar-refractivity contribution >= 4 is 50.6 Å². The molecule has 0 atom stereocenters. The number of aryl methyl sites for hydroxylation is 1. The molecule has 6 rings (SSSR count). The van der Waals surface area contributed by atoms with E-state index in [0.717, 1.165) is 26.5 Å². The molecule has 0 fully saturated rings. The Balaban J connectivity index is 1.46. The monoisotopic (exact) mass is 771 g/mol. The normalized spacial score (nSPS) is 19.0. The third-order valence-corrected chi connectivity index (χ3v) is 11.6. The van der Waals surface area contributed by atoms with Crippen molar-refractivity contribution in [2.24, 2.45) is 0 Å². The van der Waals surface area contributed by atoms with Crippen molar-refractivity contribution in [1.29, 1.82) is 0 Å². The average molecular weight is 773 g/mol. The van der Waals surface area contributed by atoms with Crippen LogP contribution in [0.15, 0.2) is 105 Å². The van der Waals surface area contributed by atoms with Crippen LogP contribution in [0.2, 0.25) is 0 Å². The largest absolute Gasteiger partial charge is 0.394 e. The molecule has 3 aliphatic rings. The summed E-state index contributed by atoms with van der Waals surface area (Å²) in [4.78, 5) is 17.7. The van der Waals surface area contributed by atoms with Crippen LogP contribution in [0.5, 0.6) is 0 Å². The van der Waals surface area contributed by atoms with Crippen LogP contribution < -0.4 is 4.90 Å². The lowest BCUT2D eigenvalue weighted by Gasteiger charge is -2.30. The van der Waals surface area contributed by atoms with Crippen LogP contribution in [0.25, 0.3) is 0 Å². The van der Waals surface area contributed by atoms with E-state index in [0.29, 0.717) is 43.2 Å². The Morgan fingerprint density at radius 3 is 2.31 bits per heavy atom. The topological polar surface area (TPSA) is 82.2 Å². The second-order valence-electron chi connectivity index (χ2n) is 14.2. The Morgan fingerprint density at radius 1 is 0.863 bits per heavy atom. The zero-order chi connectivity index (χ0) is 36.3. The number of ketones is 1. The van der Waals surface area contributed by atoms with E-state index in [1.807, 2.05) is 12.1 Å². The number of aliphatic hydroxyl groups excluding tert-OH is 2. The summed E-state index contributed by atoms with van der Waals surface area (Å²) in [6, 6.07) is 23.4. The molecule has 3 aromatic carbocycles. The lowest BCUT2D eigenvalue weighted by Crippen LogP contribution is -2.32. The van der Waals surface area contributed by atoms with Gasteiger partial charge in [-0.1, -0.05) is 71.7 Å². The van der Waals surface area contributed by atoms with E-state index < -0.39 is 0 Å². The molecule has 0 amide bonds. The minimum absolute atomic E-state index is 0.0252. The number of thioether (sulfide) groups is 1. The van der Waals surface area contributed by atoms with Crippen molar-refractivity contribution in [1.82, 2.24) is 0 Å². The number of nitrogens with zero attached hydrogens (tertiary/aromatic N) is 2. The number of hydrogen-bond acceptors (Lipinski definition) is 7. The number of halogens is 1. The van der Waals surface area contributed by atoms with Crippen LogP contribution in [0, 0.1) is 6.92 Å². The van der Waals surface area contributed by atoms with Gasteiger partial charge in [-0.2, -0.15) is 4.58 Å². The Kier molecular flexibility index (Phi) is 11.6. The summed E-state index contributed by atoms with van der Waals surface area (Å²) in [7, 11) is 0. The maximum absolute atomic E-state index is 14.5. The van der Waals surface area contributed by atoms with Gasteiger partial charge in [0.1, 0.15) is 0 Å². The average Bonchev–Trinajstić information content (AvgIpc) is 3.44. The van der Waals surface area contributed by atoms with E-state index in [4.69, 9.17) is 9.47 Å². The highest BCUT2D eigenvalue weighted by molar-refractivity contribution is 9.10. The number of fused-ring (bicyclic) bond motifs is 2. The lowest BCUT2D eigenvalue weighted by atomic mass is 9.78. The van der Waals surface area contributed by atoms with Crippen LogP contribution >= 0.6 is 27.7 Å². The first kappa shape index (κ1) is 37.4. The number of benzene rings is 3. The summed E-state index contributed by atoms with van der Waals surface area (Å²) < 4.78 is 14.7. The molecule has 0 saturated carbocycles. The van der Waals surface area contributed by atoms with Gasteiger partial charge in [0.05, 0.1) is 45.1 Å². The number of carbonyl (C=O) groups excluding carboxylic acids is 1. The van der Waals surface area contributed by atoms with Crippen LogP contribution in [0.4, 0.5) is 11.4 Å². The number of hydrogen-bond donors (Lipinski definition) is 2. The molecule has 2 heterocycles. The smallest absolute Gasteiger partial charge is 0.210 e. The maximum Gasteiger partial charge on any atom is 0.210 e. The zero-order valence-electron chi connectivity index (χ0n) is 30.2. The van der Waals surface area contributed by atoms with Crippen molar-refractivity contribution < 1.29 is 29.1 Å². The van der Waals surface area contributed by atoms with E-state index in [1.54, 1.807) is 11.8 Å². The fourth-order valence-electron chi connectivity index (χ4n) is 7.35. The predicted molar refractivity (Wildman–Crippen MR) is 210 cm³/mol. The van der Waals surface area contributed by atoms with Crippen LogP contribution in [0.1, 0.15) is 49.9 Å². The highest BCUT2D eigenvalue weighted by Crippen LogP contribution is 2.51. The summed E-state index contributed by atoms with van der Waals surface area (Å²) in [5, 5.41) is 18.6. The Labute approximate surface area is 314 Å². The Bertz CT molecular complexity index is 1930. The third kappa shape index (κ3) is 7.48. The molecule has 1 aliphatic carbocycles. The van der Waals surface area contributed by atoms with Crippen molar-refractivity contribution in [2.75, 3.05) is 56.8 Å². The number of rotatable bonds is 15. The van der Waals surface area contributed by atoms with Gasteiger partial charge < -0.3 is 24.6 Å². The zero-order valence-corrected chi connectivity index (χ0v) is 32.6. The quantitative estimate of drug-likeness (QED) is 0.0940. The molecule has 7 nitrogen and oxygen atoms in total. The molecular weight excluding hydrogens is 724 g/mol. The van der Waals surface area contributed by atoms with Gasteiger partial charge in [-0.25, -0.2) is 0 Å². The number of allylic oxidation sites excluding steroid dienone is 5. The first-order valence-corrected chi connectivity index (χ1v) is 19.4. The maximum atomic E-state index is 14.5. The van der Waals surface area contributed by atoms with Crippen molar-refractivity contribution in [2.45, 2.75) is 52.0 Å². The fourth-order valence-corrected chi connectivity index (χ4v) is 8.73. The molecule has 0 unspecified atom stereocenters. The molecule has 0 radical (unpaired) electrons. The Hall–Kier alpha value is -3.31. The van der Waals surface area contributed by atoms with E-state index in [2.05, 4.69) is 127 Å². The number of ether oxygens (including phenoxy) is 2. The van der Waals surface area contributed by atoms with E-state index in [-0.39, 0.29) is 43.0 Å². The minimum Gasteiger partial charge on any atom is -0.394 e. The number of carbonyl (C=O) groups is 1. The second kappa shape index (κ2) is 15.7. The number of anilines is 1. The second-order valence-corrected chi connectivity index (χ2v) is 16.2. The third-order valence-electron chi connectivity index (χ3n) is 10.0. The highest BCUT2D eigenvalue weighted by atomic mass is 79.9. The van der Waals surface area contributed by atoms with Gasteiger partial charge in [0.2, 0.25) is 5.69 Å². The first-order chi connectivity index (χ1) is 24.5. The summed E-state index contributed by atoms with van der Waals surface area (Å²) in [6.07, 6.45) is 4.21. The first-order valence-electron chi connectivity index (χ1n) is 17.6. The van der Waals surface area contributed by atoms with Crippen molar-refractivity contribution in [3.63, 3.8) is 0 Å². The highest BCUT2D eigenvalue weighted by Gasteiger charge is 2.47. The van der Waals surface area contributed by atoms with Gasteiger partial charge in [0.25, 0.3) is 0 Å². The summed E-state index contributed by atoms with van der Waals surface area (Å²) in [5.74, 6) is 0.675. The molecule has 9 heteroatoms. The van der Waals surface area contributed by atoms with E-state index in [9.17, 15) is 15.0 Å². The SMILES string of the molecule is Cc1ccc2c(c1)C(C)(C)C(C=C1C(=O)C(C=C3N(CCOCCO)c4ccc(Br)cc4C3(C)C)=C1SCCOCCO)=[N+]2Cc1ccccc1. The Morgan fingerprint density at radius 2 is 1.59 bits per heavy atom. The molecule has 2 aliphatic heterocycles. The summed E-state index contributed by atoms with van der Waals surface area (Å²) in [5.41, 5.74) is 9.93. The minimum atomic E-state index is -0.378. The lowest BCUT2D eigenvalue weighted by molar-refractivity contribution is -0.455. The van der Waals surface area contributed by atoms with Gasteiger partial charge in [-0.3, -0.25) is 4.79 Å². The molecule has 3 aromatic rings. The van der Waals surface area contributed by atoms with E-state index >= 15 is 0 Å². The number of aliphatic hydroxyl groups is 2. The molecule has 0 aromatic heterocycles. The fraction of sp³-hybridized carbons (Fsp3) is 0.381. The van der Waals surface area contributed by atoms with Gasteiger partial charge in [0.15, 0.2) is 18.0 Å². The number of Topliss-reactive ketones (excluding diaryl/α,β-unsaturated/α-hetero) is 1. The van der Waals surface area contributed by atoms with E-state index in [1.165, 1.54) is 27.9 Å². The van der Waals surface area contributed by atoms with Gasteiger partial charge >= 0.3 is 0 Å². The van der Waals surface area contributed by atoms with Gasteiger partial charge in [0, 0.05) is 72.9 Å².